The van der Waals surface area contributed by atoms with Crippen molar-refractivity contribution in [2.24, 2.45) is 5.73 Å². The minimum atomic E-state index is 0.0904. The number of aromatic nitrogens is 2. The van der Waals surface area contributed by atoms with E-state index in [0.29, 0.717) is 0 Å². The molecule has 0 saturated heterocycles. The van der Waals surface area contributed by atoms with E-state index in [9.17, 15) is 0 Å². The fraction of sp³-hybridized carbons (Fsp3) is 0.182. The smallest absolute Gasteiger partial charge is 0.170 e. The lowest BCUT2D eigenvalue weighted by Crippen LogP contribution is -2.04. The van der Waals surface area contributed by atoms with E-state index in [1.807, 2.05) is 13.1 Å². The van der Waals surface area contributed by atoms with E-state index in [4.69, 9.17) is 5.73 Å². The number of imidazole rings is 1. The Morgan fingerprint density at radius 3 is 2.60 bits per heavy atom. The van der Waals surface area contributed by atoms with Crippen LogP contribution in [-0.2, 0) is 0 Å². The lowest BCUT2D eigenvalue weighted by atomic mass is 10.1. The number of rotatable bonds is 3. The molecule has 1 heterocycles. The summed E-state index contributed by atoms with van der Waals surface area (Å²) in [6, 6.07) is 8.32. The van der Waals surface area contributed by atoms with Gasteiger partial charge in [0.25, 0.3) is 0 Å². The first-order valence-corrected chi connectivity index (χ1v) is 5.60. The van der Waals surface area contributed by atoms with Crippen molar-refractivity contribution in [2.75, 3.05) is 0 Å². The van der Waals surface area contributed by atoms with Gasteiger partial charge >= 0.3 is 0 Å². The molecule has 15 heavy (non-hydrogen) atoms. The first-order chi connectivity index (χ1) is 7.25. The summed E-state index contributed by atoms with van der Waals surface area (Å²) in [7, 11) is 0. The summed E-state index contributed by atoms with van der Waals surface area (Å²) < 4.78 is 0. The third-order valence-electron chi connectivity index (χ3n) is 2.09. The number of hydrogen-bond donors (Lipinski definition) is 2. The molecule has 1 atom stereocenters. The average molecular weight is 219 g/mol. The molecule has 3 N–H and O–H groups in total. The van der Waals surface area contributed by atoms with Crippen molar-refractivity contribution in [3.63, 3.8) is 0 Å². The highest BCUT2D eigenvalue weighted by Gasteiger charge is 2.01. The standard InChI is InChI=1S/C11H13N3S/c1-8(12)9-2-4-10(5-3-9)15-11-13-6-7-14-11/h2-8H,12H2,1H3,(H,13,14)/t8-/m0/s1. The van der Waals surface area contributed by atoms with Crippen molar-refractivity contribution >= 4 is 11.8 Å². The highest BCUT2D eigenvalue weighted by molar-refractivity contribution is 7.99. The summed E-state index contributed by atoms with van der Waals surface area (Å²) in [4.78, 5) is 8.36. The van der Waals surface area contributed by atoms with E-state index >= 15 is 0 Å². The van der Waals surface area contributed by atoms with Gasteiger partial charge in [-0.1, -0.05) is 23.9 Å². The SMILES string of the molecule is C[C@H](N)c1ccc(Sc2ncc[nH]2)cc1. The molecule has 0 fully saturated rings. The van der Waals surface area contributed by atoms with Gasteiger partial charge in [0.1, 0.15) is 0 Å². The van der Waals surface area contributed by atoms with Crippen LogP contribution in [0.4, 0.5) is 0 Å². The van der Waals surface area contributed by atoms with Crippen molar-refractivity contribution in [3.05, 3.63) is 42.2 Å². The molecule has 0 radical (unpaired) electrons. The van der Waals surface area contributed by atoms with Crippen LogP contribution in [0.25, 0.3) is 0 Å². The first kappa shape index (κ1) is 10.3. The number of nitrogens with two attached hydrogens (primary N) is 1. The lowest BCUT2D eigenvalue weighted by molar-refractivity contribution is 0.817. The quantitative estimate of drug-likeness (QED) is 0.834. The van der Waals surface area contributed by atoms with Gasteiger partial charge in [-0.3, -0.25) is 0 Å². The molecule has 0 spiro atoms. The maximum atomic E-state index is 5.77. The van der Waals surface area contributed by atoms with Gasteiger partial charge in [0.2, 0.25) is 0 Å². The largest absolute Gasteiger partial charge is 0.339 e. The van der Waals surface area contributed by atoms with Crippen LogP contribution in [0.2, 0.25) is 0 Å². The molecule has 0 bridgehead atoms. The molecule has 2 rings (SSSR count). The number of H-pyrrole nitrogens is 1. The zero-order chi connectivity index (χ0) is 10.7. The molecule has 3 nitrogen and oxygen atoms in total. The predicted molar refractivity (Wildman–Crippen MR) is 61.8 cm³/mol. The molecule has 1 aromatic carbocycles. The Morgan fingerprint density at radius 1 is 1.33 bits per heavy atom. The predicted octanol–water partition coefficient (Wildman–Crippen LogP) is 2.58. The Kier molecular flexibility index (Phi) is 3.08. The van der Waals surface area contributed by atoms with E-state index in [-0.39, 0.29) is 6.04 Å². The number of aromatic amines is 1. The molecule has 0 amide bonds. The Balaban J connectivity index is 2.11. The highest BCUT2D eigenvalue weighted by atomic mass is 32.2. The van der Waals surface area contributed by atoms with E-state index in [1.165, 1.54) is 0 Å². The summed E-state index contributed by atoms with van der Waals surface area (Å²) in [6.07, 6.45) is 3.57. The van der Waals surface area contributed by atoms with Gasteiger partial charge in [-0.15, -0.1) is 0 Å². The van der Waals surface area contributed by atoms with Crippen LogP contribution in [0.5, 0.6) is 0 Å². The maximum absolute atomic E-state index is 5.77. The molecule has 0 aliphatic rings. The van der Waals surface area contributed by atoms with Crippen LogP contribution in [0.3, 0.4) is 0 Å². The molecule has 2 aromatic rings. The molecule has 0 aliphatic heterocycles. The highest BCUT2D eigenvalue weighted by Crippen LogP contribution is 2.25. The Hall–Kier alpha value is -1.26. The van der Waals surface area contributed by atoms with Crippen molar-refractivity contribution in [1.82, 2.24) is 9.97 Å². The van der Waals surface area contributed by atoms with Gasteiger partial charge in [0.15, 0.2) is 5.16 Å². The Labute approximate surface area is 93.1 Å². The molecule has 78 valence electrons. The van der Waals surface area contributed by atoms with Gasteiger partial charge in [0, 0.05) is 23.3 Å². The van der Waals surface area contributed by atoms with Crippen LogP contribution >= 0.6 is 11.8 Å². The zero-order valence-electron chi connectivity index (χ0n) is 8.47. The Morgan fingerprint density at radius 2 is 2.07 bits per heavy atom. The van der Waals surface area contributed by atoms with Gasteiger partial charge in [-0.05, 0) is 24.6 Å². The van der Waals surface area contributed by atoms with Crippen LogP contribution in [0, 0.1) is 0 Å². The van der Waals surface area contributed by atoms with Gasteiger partial charge in [-0.2, -0.15) is 0 Å². The van der Waals surface area contributed by atoms with E-state index in [1.54, 1.807) is 18.0 Å². The molecule has 0 unspecified atom stereocenters. The van der Waals surface area contributed by atoms with Crippen molar-refractivity contribution in [3.8, 4) is 0 Å². The third-order valence-corrected chi connectivity index (χ3v) is 3.02. The topological polar surface area (TPSA) is 54.7 Å². The van der Waals surface area contributed by atoms with E-state index in [0.717, 1.165) is 15.6 Å². The maximum Gasteiger partial charge on any atom is 0.170 e. The minimum Gasteiger partial charge on any atom is -0.339 e. The molecule has 1 aromatic heterocycles. The van der Waals surface area contributed by atoms with Gasteiger partial charge < -0.3 is 10.7 Å². The fourth-order valence-corrected chi connectivity index (χ4v) is 1.99. The monoisotopic (exact) mass is 219 g/mol. The van der Waals surface area contributed by atoms with Crippen LogP contribution < -0.4 is 5.73 Å². The molecular formula is C11H13N3S. The number of benzene rings is 1. The number of hydrogen-bond acceptors (Lipinski definition) is 3. The minimum absolute atomic E-state index is 0.0904. The molecular weight excluding hydrogens is 206 g/mol. The van der Waals surface area contributed by atoms with Crippen molar-refractivity contribution in [1.29, 1.82) is 0 Å². The molecule has 0 aliphatic carbocycles. The lowest BCUT2D eigenvalue weighted by Gasteiger charge is -2.05. The molecule has 0 saturated carbocycles. The van der Waals surface area contributed by atoms with Crippen LogP contribution in [-0.4, -0.2) is 9.97 Å². The van der Waals surface area contributed by atoms with Crippen LogP contribution in [0.1, 0.15) is 18.5 Å². The zero-order valence-corrected chi connectivity index (χ0v) is 9.29. The van der Waals surface area contributed by atoms with Gasteiger partial charge in [-0.25, -0.2) is 4.98 Å². The van der Waals surface area contributed by atoms with E-state index in [2.05, 4.69) is 34.2 Å². The fourth-order valence-electron chi connectivity index (χ4n) is 1.26. The second kappa shape index (κ2) is 4.51. The number of nitrogens with zero attached hydrogens (tertiary/aromatic N) is 1. The summed E-state index contributed by atoms with van der Waals surface area (Å²) in [5.74, 6) is 0. The first-order valence-electron chi connectivity index (χ1n) is 4.78. The Bertz CT molecular complexity index is 406. The van der Waals surface area contributed by atoms with E-state index < -0.39 is 0 Å². The van der Waals surface area contributed by atoms with Gasteiger partial charge in [0.05, 0.1) is 0 Å². The third kappa shape index (κ3) is 2.61. The second-order valence-corrected chi connectivity index (χ2v) is 4.42. The van der Waals surface area contributed by atoms with Crippen molar-refractivity contribution in [2.45, 2.75) is 23.0 Å². The normalized spacial score (nSPS) is 12.7. The average Bonchev–Trinajstić information content (AvgIpc) is 2.71. The second-order valence-electron chi connectivity index (χ2n) is 3.35. The molecule has 4 heteroatoms. The van der Waals surface area contributed by atoms with Crippen LogP contribution in [0.15, 0.2) is 46.7 Å². The van der Waals surface area contributed by atoms with Crippen molar-refractivity contribution < 1.29 is 0 Å². The summed E-state index contributed by atoms with van der Waals surface area (Å²) in [5, 5.41) is 0.906. The summed E-state index contributed by atoms with van der Waals surface area (Å²) in [5.41, 5.74) is 6.93. The summed E-state index contributed by atoms with van der Waals surface area (Å²) >= 11 is 1.61. The summed E-state index contributed by atoms with van der Waals surface area (Å²) in [6.45, 7) is 1.98. The number of nitrogens with one attached hydrogen (secondary N) is 1.